The van der Waals surface area contributed by atoms with Gasteiger partial charge in [0.15, 0.2) is 0 Å². The smallest absolute Gasteiger partial charge is 0.339 e. The van der Waals surface area contributed by atoms with Crippen LogP contribution in [-0.2, 0) is 0 Å². The standard InChI is InChI=1S/C19H20O3/c20-18-12-15(13-7-3-1-4-8-13)16-11-17(21-19(16)22-18)14-9-5-2-6-10-14/h7,9,11-12H,1-6,8,10H2. The van der Waals surface area contributed by atoms with Crippen LogP contribution >= 0.6 is 0 Å². The molecule has 0 unspecified atom stereocenters. The highest BCUT2D eigenvalue weighted by atomic mass is 16.5. The van der Waals surface area contributed by atoms with Crippen molar-refractivity contribution in [1.29, 1.82) is 0 Å². The lowest BCUT2D eigenvalue weighted by Gasteiger charge is -2.12. The molecule has 2 aromatic heterocycles. The van der Waals surface area contributed by atoms with E-state index in [1.807, 2.05) is 0 Å². The van der Waals surface area contributed by atoms with Crippen molar-refractivity contribution in [2.75, 3.05) is 0 Å². The Kier molecular flexibility index (Phi) is 3.49. The molecule has 0 aromatic carbocycles. The first-order valence-corrected chi connectivity index (χ1v) is 8.28. The van der Waals surface area contributed by atoms with Crippen molar-refractivity contribution in [1.82, 2.24) is 0 Å². The van der Waals surface area contributed by atoms with Gasteiger partial charge >= 0.3 is 11.4 Å². The molecule has 0 fully saturated rings. The molecule has 22 heavy (non-hydrogen) atoms. The molecule has 3 nitrogen and oxygen atoms in total. The average molecular weight is 296 g/mol. The van der Waals surface area contributed by atoms with Gasteiger partial charge in [-0.1, -0.05) is 12.2 Å². The van der Waals surface area contributed by atoms with Crippen molar-refractivity contribution >= 4 is 22.3 Å². The first-order valence-electron chi connectivity index (χ1n) is 8.28. The highest BCUT2D eigenvalue weighted by molar-refractivity contribution is 5.90. The maximum absolute atomic E-state index is 11.9. The van der Waals surface area contributed by atoms with Gasteiger partial charge in [0.1, 0.15) is 5.76 Å². The van der Waals surface area contributed by atoms with Crippen molar-refractivity contribution in [2.24, 2.45) is 0 Å². The van der Waals surface area contributed by atoms with Crippen LogP contribution in [0.2, 0.25) is 0 Å². The maximum atomic E-state index is 11.9. The fraction of sp³-hybridized carbons (Fsp3) is 0.421. The van der Waals surface area contributed by atoms with Crippen LogP contribution < -0.4 is 5.63 Å². The van der Waals surface area contributed by atoms with Gasteiger partial charge in [0, 0.05) is 6.07 Å². The van der Waals surface area contributed by atoms with E-state index in [9.17, 15) is 4.79 Å². The number of hydrogen-bond acceptors (Lipinski definition) is 3. The van der Waals surface area contributed by atoms with Crippen LogP contribution in [0.4, 0.5) is 0 Å². The molecule has 2 heterocycles. The molecule has 0 saturated heterocycles. The zero-order valence-corrected chi connectivity index (χ0v) is 12.7. The fourth-order valence-electron chi connectivity index (χ4n) is 3.52. The SMILES string of the molecule is O=c1cc(C2=CCCCC2)c2cc(C3=CCCCC3)oc2o1. The Bertz CT molecular complexity index is 817. The normalized spacial score (nSPS) is 19.1. The van der Waals surface area contributed by atoms with Crippen molar-refractivity contribution in [3.05, 3.63) is 46.0 Å². The monoisotopic (exact) mass is 296 g/mol. The van der Waals surface area contributed by atoms with Crippen LogP contribution in [0.1, 0.15) is 62.7 Å². The summed E-state index contributed by atoms with van der Waals surface area (Å²) in [5.41, 5.74) is 3.17. The van der Waals surface area contributed by atoms with Crippen molar-refractivity contribution in [3.8, 4) is 0 Å². The van der Waals surface area contributed by atoms with E-state index >= 15 is 0 Å². The van der Waals surface area contributed by atoms with Gasteiger partial charge in [0.25, 0.3) is 0 Å². The molecular formula is C19H20O3. The third-order valence-corrected chi connectivity index (χ3v) is 4.69. The maximum Gasteiger partial charge on any atom is 0.339 e. The Morgan fingerprint density at radius 1 is 0.818 bits per heavy atom. The zero-order chi connectivity index (χ0) is 14.9. The van der Waals surface area contributed by atoms with E-state index in [2.05, 4.69) is 18.2 Å². The highest BCUT2D eigenvalue weighted by Crippen LogP contribution is 2.35. The number of rotatable bonds is 2. The number of furan rings is 1. The Labute approximate surface area is 129 Å². The summed E-state index contributed by atoms with van der Waals surface area (Å²) >= 11 is 0. The first kappa shape index (κ1) is 13.6. The Morgan fingerprint density at radius 3 is 2.23 bits per heavy atom. The van der Waals surface area contributed by atoms with E-state index in [0.717, 1.165) is 42.4 Å². The van der Waals surface area contributed by atoms with E-state index in [0.29, 0.717) is 5.78 Å². The third-order valence-electron chi connectivity index (χ3n) is 4.69. The second-order valence-corrected chi connectivity index (χ2v) is 6.24. The predicted molar refractivity (Wildman–Crippen MR) is 87.6 cm³/mol. The summed E-state index contributed by atoms with van der Waals surface area (Å²) in [6.45, 7) is 0. The fourth-order valence-corrected chi connectivity index (χ4v) is 3.52. The minimum Gasteiger partial charge on any atom is -0.425 e. The molecule has 0 saturated carbocycles. The third kappa shape index (κ3) is 2.45. The predicted octanol–water partition coefficient (Wildman–Crippen LogP) is 5.30. The topological polar surface area (TPSA) is 43.4 Å². The second-order valence-electron chi connectivity index (χ2n) is 6.24. The van der Waals surface area contributed by atoms with Crippen LogP contribution in [0.15, 0.2) is 37.9 Å². The molecule has 2 aliphatic rings. The molecule has 2 aromatic rings. The lowest BCUT2D eigenvalue weighted by molar-refractivity contribution is 0.443. The average Bonchev–Trinajstić information content (AvgIpc) is 2.99. The van der Waals surface area contributed by atoms with Crippen LogP contribution in [0.3, 0.4) is 0 Å². The summed E-state index contributed by atoms with van der Waals surface area (Å²) in [7, 11) is 0. The Morgan fingerprint density at radius 2 is 1.55 bits per heavy atom. The lowest BCUT2D eigenvalue weighted by Crippen LogP contribution is -2.00. The minimum atomic E-state index is -0.326. The molecule has 0 bridgehead atoms. The van der Waals surface area contributed by atoms with Gasteiger partial charge in [-0.3, -0.25) is 0 Å². The minimum absolute atomic E-state index is 0.326. The summed E-state index contributed by atoms with van der Waals surface area (Å²) in [5, 5.41) is 0.939. The lowest BCUT2D eigenvalue weighted by atomic mass is 9.92. The molecule has 4 rings (SSSR count). The van der Waals surface area contributed by atoms with Gasteiger partial charge in [-0.25, -0.2) is 4.79 Å². The van der Waals surface area contributed by atoms with Gasteiger partial charge < -0.3 is 8.83 Å². The summed E-state index contributed by atoms with van der Waals surface area (Å²) in [6, 6.07) is 3.67. The summed E-state index contributed by atoms with van der Waals surface area (Å²) < 4.78 is 11.1. The number of allylic oxidation sites excluding steroid dienone is 4. The van der Waals surface area contributed by atoms with E-state index < -0.39 is 0 Å². The van der Waals surface area contributed by atoms with Crippen LogP contribution in [-0.4, -0.2) is 0 Å². The molecule has 114 valence electrons. The van der Waals surface area contributed by atoms with Gasteiger partial charge in [0.2, 0.25) is 0 Å². The first-order chi connectivity index (χ1) is 10.8. The van der Waals surface area contributed by atoms with Crippen LogP contribution in [0.5, 0.6) is 0 Å². The van der Waals surface area contributed by atoms with Gasteiger partial charge in [-0.15, -0.1) is 0 Å². The van der Waals surface area contributed by atoms with Crippen molar-refractivity contribution in [2.45, 2.75) is 51.4 Å². The molecule has 0 radical (unpaired) electrons. The number of fused-ring (bicyclic) bond motifs is 1. The van der Waals surface area contributed by atoms with E-state index in [1.54, 1.807) is 6.07 Å². The molecule has 2 aliphatic carbocycles. The van der Waals surface area contributed by atoms with Gasteiger partial charge in [-0.2, -0.15) is 0 Å². The van der Waals surface area contributed by atoms with Crippen molar-refractivity contribution in [3.63, 3.8) is 0 Å². The number of hydrogen-bond donors (Lipinski definition) is 0. The Hall–Kier alpha value is -2.03. The zero-order valence-electron chi connectivity index (χ0n) is 12.7. The molecule has 0 aliphatic heterocycles. The van der Waals surface area contributed by atoms with Crippen LogP contribution in [0.25, 0.3) is 22.3 Å². The molecule has 0 spiro atoms. The van der Waals surface area contributed by atoms with Gasteiger partial charge in [0.05, 0.1) is 5.39 Å². The molecule has 0 amide bonds. The largest absolute Gasteiger partial charge is 0.425 e. The highest BCUT2D eigenvalue weighted by Gasteiger charge is 2.18. The molecule has 0 N–H and O–H groups in total. The van der Waals surface area contributed by atoms with E-state index in [1.165, 1.54) is 36.8 Å². The van der Waals surface area contributed by atoms with E-state index in [4.69, 9.17) is 8.83 Å². The summed E-state index contributed by atoms with van der Waals surface area (Å²) in [4.78, 5) is 11.9. The summed E-state index contributed by atoms with van der Waals surface area (Å²) in [6.07, 6.45) is 13.6. The molecular weight excluding hydrogens is 276 g/mol. The van der Waals surface area contributed by atoms with E-state index in [-0.39, 0.29) is 5.63 Å². The second kappa shape index (κ2) is 5.64. The van der Waals surface area contributed by atoms with Crippen LogP contribution in [0, 0.1) is 0 Å². The quantitative estimate of drug-likeness (QED) is 0.755. The summed E-state index contributed by atoms with van der Waals surface area (Å²) in [5.74, 6) is 1.23. The molecule has 3 heteroatoms. The van der Waals surface area contributed by atoms with Gasteiger partial charge in [-0.05, 0) is 74.1 Å². The Balaban J connectivity index is 1.86. The van der Waals surface area contributed by atoms with Crippen molar-refractivity contribution < 1.29 is 8.83 Å². The molecule has 0 atom stereocenters.